The van der Waals surface area contributed by atoms with Gasteiger partial charge in [0.2, 0.25) is 0 Å². The van der Waals surface area contributed by atoms with Crippen LogP contribution in [0.2, 0.25) is 0 Å². The maximum absolute atomic E-state index is 12.7. The molecule has 1 N–H and O–H groups in total. The Bertz CT molecular complexity index is 955. The first-order valence-electron chi connectivity index (χ1n) is 9.85. The number of hydrogen-bond donors (Lipinski definition) is 1. The van der Waals surface area contributed by atoms with Gasteiger partial charge in [0.1, 0.15) is 0 Å². The van der Waals surface area contributed by atoms with Gasteiger partial charge in [0.15, 0.2) is 0 Å². The molecule has 28 heavy (non-hydrogen) atoms. The van der Waals surface area contributed by atoms with Gasteiger partial charge in [-0.2, -0.15) is 0 Å². The second-order valence-electron chi connectivity index (χ2n) is 7.52. The van der Waals surface area contributed by atoms with Gasteiger partial charge in [-0.05, 0) is 55.6 Å². The number of amides is 1. The van der Waals surface area contributed by atoms with Gasteiger partial charge in [0.25, 0.3) is 5.91 Å². The number of hydrogen-bond acceptors (Lipinski definition) is 4. The van der Waals surface area contributed by atoms with Crippen LogP contribution in [0.1, 0.15) is 24.2 Å². The van der Waals surface area contributed by atoms with Crippen molar-refractivity contribution in [3.8, 4) is 0 Å². The summed E-state index contributed by atoms with van der Waals surface area (Å²) in [6.07, 6.45) is 3.54. The summed E-state index contributed by atoms with van der Waals surface area (Å²) in [5.74, 6) is -0.104. The Kier molecular flexibility index (Phi) is 5.26. The number of fused-ring (bicyclic) bond motifs is 1. The summed E-state index contributed by atoms with van der Waals surface area (Å²) in [5, 5.41) is 5.02. The van der Waals surface area contributed by atoms with Crippen molar-refractivity contribution in [1.29, 1.82) is 0 Å². The maximum Gasteiger partial charge on any atom is 0.255 e. The molecule has 1 aliphatic heterocycles. The standard InChI is InChI=1S/C23H26N4O/c1-17(2)26-12-14-27(15-13-26)20-8-6-19(7-9-20)23(28)25-22-5-3-4-18-10-11-24-16-21(18)22/h3-11,16-17H,12-15H2,1-2H3,(H,25,28). The molecule has 0 atom stereocenters. The van der Waals surface area contributed by atoms with E-state index in [1.165, 1.54) is 5.69 Å². The average molecular weight is 374 g/mol. The van der Waals surface area contributed by atoms with Crippen molar-refractivity contribution in [1.82, 2.24) is 9.88 Å². The lowest BCUT2D eigenvalue weighted by molar-refractivity contribution is 0.102. The number of aromatic nitrogens is 1. The van der Waals surface area contributed by atoms with E-state index in [1.54, 1.807) is 12.4 Å². The lowest BCUT2D eigenvalue weighted by Crippen LogP contribution is -2.48. The van der Waals surface area contributed by atoms with Crippen molar-refractivity contribution >= 4 is 28.1 Å². The molecule has 144 valence electrons. The fraction of sp³-hybridized carbons (Fsp3) is 0.304. The number of carbonyl (C=O) groups excluding carboxylic acids is 1. The highest BCUT2D eigenvalue weighted by Gasteiger charge is 2.19. The summed E-state index contributed by atoms with van der Waals surface area (Å²) in [4.78, 5) is 21.8. The number of nitrogens with zero attached hydrogens (tertiary/aromatic N) is 3. The summed E-state index contributed by atoms with van der Waals surface area (Å²) >= 11 is 0. The third kappa shape index (κ3) is 3.85. The SMILES string of the molecule is CC(C)N1CCN(c2ccc(C(=O)Nc3cccc4ccncc34)cc2)CC1. The van der Waals surface area contributed by atoms with Gasteiger partial charge in [-0.15, -0.1) is 0 Å². The van der Waals surface area contributed by atoms with Crippen molar-refractivity contribution in [3.05, 3.63) is 66.5 Å². The Balaban J connectivity index is 1.44. The molecule has 1 saturated heterocycles. The van der Waals surface area contributed by atoms with Crippen molar-refractivity contribution in [2.45, 2.75) is 19.9 Å². The van der Waals surface area contributed by atoms with E-state index in [9.17, 15) is 4.79 Å². The van der Waals surface area contributed by atoms with Crippen LogP contribution in [0.4, 0.5) is 11.4 Å². The van der Waals surface area contributed by atoms with Gasteiger partial charge in [-0.1, -0.05) is 12.1 Å². The number of piperazine rings is 1. The largest absolute Gasteiger partial charge is 0.369 e. The quantitative estimate of drug-likeness (QED) is 0.749. The van der Waals surface area contributed by atoms with E-state index < -0.39 is 0 Å². The van der Waals surface area contributed by atoms with Crippen LogP contribution in [0.15, 0.2) is 60.9 Å². The average Bonchev–Trinajstić information content (AvgIpc) is 2.74. The van der Waals surface area contributed by atoms with Crippen LogP contribution in [0, 0.1) is 0 Å². The molecule has 1 amide bonds. The zero-order chi connectivity index (χ0) is 19.5. The molecule has 0 radical (unpaired) electrons. The molecule has 1 aliphatic rings. The summed E-state index contributed by atoms with van der Waals surface area (Å²) in [5.41, 5.74) is 2.62. The van der Waals surface area contributed by atoms with Crippen molar-refractivity contribution in [2.75, 3.05) is 36.4 Å². The zero-order valence-electron chi connectivity index (χ0n) is 16.4. The summed E-state index contributed by atoms with van der Waals surface area (Å²) in [7, 11) is 0. The predicted molar refractivity (Wildman–Crippen MR) is 115 cm³/mol. The number of benzene rings is 2. The monoisotopic (exact) mass is 374 g/mol. The molecule has 0 saturated carbocycles. The zero-order valence-corrected chi connectivity index (χ0v) is 16.4. The van der Waals surface area contributed by atoms with Gasteiger partial charge in [0.05, 0.1) is 5.69 Å². The van der Waals surface area contributed by atoms with E-state index in [-0.39, 0.29) is 5.91 Å². The van der Waals surface area contributed by atoms with Gasteiger partial charge in [-0.3, -0.25) is 14.7 Å². The van der Waals surface area contributed by atoms with Crippen molar-refractivity contribution < 1.29 is 4.79 Å². The summed E-state index contributed by atoms with van der Waals surface area (Å²) in [6, 6.07) is 16.3. The molecule has 4 rings (SSSR count). The molecule has 0 unspecified atom stereocenters. The van der Waals surface area contributed by atoms with Crippen LogP contribution >= 0.6 is 0 Å². The smallest absolute Gasteiger partial charge is 0.255 e. The minimum absolute atomic E-state index is 0.104. The highest BCUT2D eigenvalue weighted by Crippen LogP contribution is 2.23. The lowest BCUT2D eigenvalue weighted by Gasteiger charge is -2.38. The van der Waals surface area contributed by atoms with E-state index in [2.05, 4.69) is 33.9 Å². The van der Waals surface area contributed by atoms with E-state index in [0.29, 0.717) is 11.6 Å². The molecular formula is C23H26N4O. The predicted octanol–water partition coefficient (Wildman–Crippen LogP) is 4.02. The van der Waals surface area contributed by atoms with E-state index >= 15 is 0 Å². The first kappa shape index (κ1) is 18.4. The third-order valence-corrected chi connectivity index (χ3v) is 5.47. The second-order valence-corrected chi connectivity index (χ2v) is 7.52. The Labute approximate surface area is 166 Å². The normalized spacial score (nSPS) is 15.2. The molecule has 0 bridgehead atoms. The molecular weight excluding hydrogens is 348 g/mol. The summed E-state index contributed by atoms with van der Waals surface area (Å²) in [6.45, 7) is 8.69. The molecule has 1 fully saturated rings. The van der Waals surface area contributed by atoms with Gasteiger partial charge < -0.3 is 10.2 Å². The van der Waals surface area contributed by atoms with Crippen LogP contribution in [-0.2, 0) is 0 Å². The molecule has 1 aromatic heterocycles. The first-order chi connectivity index (χ1) is 13.6. The van der Waals surface area contributed by atoms with Crippen LogP contribution in [-0.4, -0.2) is 48.0 Å². The van der Waals surface area contributed by atoms with Crippen molar-refractivity contribution in [3.63, 3.8) is 0 Å². The molecule has 0 spiro atoms. The van der Waals surface area contributed by atoms with Crippen LogP contribution < -0.4 is 10.2 Å². The Hall–Kier alpha value is -2.92. The van der Waals surface area contributed by atoms with Crippen molar-refractivity contribution in [2.24, 2.45) is 0 Å². The minimum Gasteiger partial charge on any atom is -0.369 e. The third-order valence-electron chi connectivity index (χ3n) is 5.47. The Morgan fingerprint density at radius 2 is 1.75 bits per heavy atom. The van der Waals surface area contributed by atoms with E-state index in [4.69, 9.17) is 0 Å². The van der Waals surface area contributed by atoms with Gasteiger partial charge >= 0.3 is 0 Å². The minimum atomic E-state index is -0.104. The van der Waals surface area contributed by atoms with E-state index in [0.717, 1.165) is 42.6 Å². The van der Waals surface area contributed by atoms with Crippen LogP contribution in [0.25, 0.3) is 10.8 Å². The fourth-order valence-electron chi connectivity index (χ4n) is 3.74. The number of nitrogens with one attached hydrogen (secondary N) is 1. The number of rotatable bonds is 4. The Morgan fingerprint density at radius 1 is 1.00 bits per heavy atom. The van der Waals surface area contributed by atoms with Gasteiger partial charge in [0, 0.05) is 61.3 Å². The molecule has 5 heteroatoms. The molecule has 3 aromatic rings. The Morgan fingerprint density at radius 3 is 2.46 bits per heavy atom. The fourth-order valence-corrected chi connectivity index (χ4v) is 3.74. The molecule has 5 nitrogen and oxygen atoms in total. The maximum atomic E-state index is 12.7. The number of anilines is 2. The van der Waals surface area contributed by atoms with E-state index in [1.807, 2.05) is 48.5 Å². The number of pyridine rings is 1. The molecule has 2 aromatic carbocycles. The number of carbonyl (C=O) groups is 1. The topological polar surface area (TPSA) is 48.5 Å². The van der Waals surface area contributed by atoms with Crippen LogP contribution in [0.5, 0.6) is 0 Å². The molecule has 2 heterocycles. The highest BCUT2D eigenvalue weighted by atomic mass is 16.1. The second kappa shape index (κ2) is 7.98. The molecule has 0 aliphatic carbocycles. The first-order valence-corrected chi connectivity index (χ1v) is 9.85. The van der Waals surface area contributed by atoms with Crippen LogP contribution in [0.3, 0.4) is 0 Å². The lowest BCUT2D eigenvalue weighted by atomic mass is 10.1. The van der Waals surface area contributed by atoms with Gasteiger partial charge in [-0.25, -0.2) is 0 Å². The highest BCUT2D eigenvalue weighted by molar-refractivity contribution is 6.09. The summed E-state index contributed by atoms with van der Waals surface area (Å²) < 4.78 is 0.